The van der Waals surface area contributed by atoms with Crippen molar-refractivity contribution in [3.63, 3.8) is 0 Å². The molecule has 0 saturated heterocycles. The summed E-state index contributed by atoms with van der Waals surface area (Å²) in [6.07, 6.45) is 0. The molecule has 0 bridgehead atoms. The van der Waals surface area contributed by atoms with E-state index >= 15 is 0 Å². The molecule has 1 N–H and O–H groups in total. The molecule has 0 saturated carbocycles. The van der Waals surface area contributed by atoms with Gasteiger partial charge in [-0.05, 0) is 0 Å². The standard InChI is InChI=1S/C4HN4O2.Na/c5-1-3-2-6-7-4(3)8(9)10;/h(H,6,7);. The number of H-pyrrole nitrogens is 1. The molecule has 1 aromatic rings. The minimum atomic E-state index is -0.646. The van der Waals surface area contributed by atoms with Crippen LogP contribution in [0.5, 0.6) is 0 Å². The van der Waals surface area contributed by atoms with Crippen LogP contribution in [0.3, 0.4) is 0 Å². The van der Waals surface area contributed by atoms with Crippen molar-refractivity contribution >= 4 is 36.7 Å². The summed E-state index contributed by atoms with van der Waals surface area (Å²) in [4.78, 5) is 9.55. The van der Waals surface area contributed by atoms with Gasteiger partial charge in [-0.15, -0.1) is 0 Å². The first kappa shape index (κ1) is 8.20. The third-order valence-electron chi connectivity index (χ3n) is 1.22. The maximum atomic E-state index is 10.2. The van der Waals surface area contributed by atoms with Gasteiger partial charge in [0.15, 0.2) is 0 Å². The zero-order chi connectivity index (χ0) is 8.43. The van der Waals surface area contributed by atoms with Crippen LogP contribution in [0, 0.1) is 21.4 Å². The fourth-order valence-corrected chi connectivity index (χ4v) is 1.15. The molecular weight excluding hydrogens is 159 g/mol. The molecular formula is C4HN4NaO2. The summed E-state index contributed by atoms with van der Waals surface area (Å²) in [5.41, 5.74) is 0.0571. The SMILES string of the molecule is N#Cc1[c]([Na])n[nH]c1[N+](=O)[O-]. The second kappa shape index (κ2) is 3.00. The van der Waals surface area contributed by atoms with Crippen molar-refractivity contribution in [2.24, 2.45) is 0 Å². The summed E-state index contributed by atoms with van der Waals surface area (Å²) < 4.78 is 0.485. The van der Waals surface area contributed by atoms with E-state index < -0.39 is 4.92 Å². The molecule has 0 amide bonds. The van der Waals surface area contributed by atoms with Crippen LogP contribution in [-0.2, 0) is 0 Å². The predicted molar refractivity (Wildman–Crippen MR) is 35.3 cm³/mol. The molecule has 1 aromatic heterocycles. The third kappa shape index (κ3) is 1.40. The molecule has 1 heterocycles. The van der Waals surface area contributed by atoms with Gasteiger partial charge in [0, 0.05) is 0 Å². The average molecular weight is 160 g/mol. The molecule has 0 radical (unpaired) electrons. The number of hydrogen-bond acceptors (Lipinski definition) is 4. The molecule has 11 heavy (non-hydrogen) atoms. The Kier molecular flexibility index (Phi) is 2.24. The van der Waals surface area contributed by atoms with Gasteiger partial charge in [0.2, 0.25) is 0 Å². The van der Waals surface area contributed by atoms with E-state index in [0.717, 1.165) is 0 Å². The second-order valence-corrected chi connectivity index (χ2v) is 2.85. The van der Waals surface area contributed by atoms with Crippen LogP contribution in [0.4, 0.5) is 5.82 Å². The third-order valence-corrected chi connectivity index (χ3v) is 1.95. The summed E-state index contributed by atoms with van der Waals surface area (Å²) in [7, 11) is 0. The summed E-state index contributed by atoms with van der Waals surface area (Å²) in [6, 6.07) is 1.72. The van der Waals surface area contributed by atoms with Crippen molar-refractivity contribution in [2.75, 3.05) is 0 Å². The Hall–Kier alpha value is -0.900. The van der Waals surface area contributed by atoms with Gasteiger partial charge in [0.1, 0.15) is 0 Å². The maximum absolute atomic E-state index is 10.2. The number of nitro groups is 1. The van der Waals surface area contributed by atoms with E-state index in [1.54, 1.807) is 6.07 Å². The molecule has 0 spiro atoms. The monoisotopic (exact) mass is 160 g/mol. The molecule has 0 unspecified atom stereocenters. The van der Waals surface area contributed by atoms with Crippen molar-refractivity contribution in [3.05, 3.63) is 15.7 Å². The van der Waals surface area contributed by atoms with E-state index in [-0.39, 0.29) is 11.4 Å². The Labute approximate surface area is 78.8 Å². The van der Waals surface area contributed by atoms with Gasteiger partial charge in [0.25, 0.3) is 0 Å². The molecule has 6 nitrogen and oxygen atoms in total. The van der Waals surface area contributed by atoms with Gasteiger partial charge in [-0.2, -0.15) is 0 Å². The van der Waals surface area contributed by atoms with Crippen molar-refractivity contribution in [1.29, 1.82) is 5.26 Å². The van der Waals surface area contributed by atoms with Crippen LogP contribution in [0.1, 0.15) is 5.56 Å². The van der Waals surface area contributed by atoms with E-state index in [1.165, 1.54) is 0 Å². The number of rotatable bonds is 1. The zero-order valence-corrected chi connectivity index (χ0v) is 7.66. The fraction of sp³-hybridized carbons (Fsp3) is 0. The summed E-state index contributed by atoms with van der Waals surface area (Å²) in [5, 5.41) is 24.4. The normalized spacial score (nSPS) is 9.18. The van der Waals surface area contributed by atoms with Gasteiger partial charge in [-0.25, -0.2) is 0 Å². The first-order valence-electron chi connectivity index (χ1n) is 2.76. The van der Waals surface area contributed by atoms with E-state index in [2.05, 4.69) is 10.2 Å². The first-order valence-corrected chi connectivity index (χ1v) is 3.76. The second-order valence-electron chi connectivity index (χ2n) is 1.90. The van der Waals surface area contributed by atoms with Gasteiger partial charge < -0.3 is 0 Å². The van der Waals surface area contributed by atoms with Crippen LogP contribution in [-0.4, -0.2) is 43.1 Å². The predicted octanol–water partition coefficient (Wildman–Crippen LogP) is -1.02. The van der Waals surface area contributed by atoms with Crippen LogP contribution in [0.2, 0.25) is 0 Å². The van der Waals surface area contributed by atoms with Crippen molar-refractivity contribution in [3.8, 4) is 6.07 Å². The fourth-order valence-electron chi connectivity index (χ4n) is 0.686. The molecule has 7 heteroatoms. The Bertz CT molecular complexity index is 338. The quantitative estimate of drug-likeness (QED) is 0.323. The minimum absolute atomic E-state index is 0.0571. The Morgan fingerprint density at radius 3 is 2.82 bits per heavy atom. The Morgan fingerprint density at radius 1 is 1.82 bits per heavy atom. The summed E-state index contributed by atoms with van der Waals surface area (Å²) in [6.45, 7) is 0. The van der Waals surface area contributed by atoms with Crippen molar-refractivity contribution in [1.82, 2.24) is 10.2 Å². The van der Waals surface area contributed by atoms with Crippen LogP contribution >= 0.6 is 0 Å². The summed E-state index contributed by atoms with van der Waals surface area (Å²) >= 11 is 0.532. The number of nitriles is 1. The molecule has 50 valence electrons. The van der Waals surface area contributed by atoms with Gasteiger partial charge in [-0.3, -0.25) is 0 Å². The molecule has 0 aliphatic rings. The van der Waals surface area contributed by atoms with Gasteiger partial charge in [0.05, 0.1) is 0 Å². The van der Waals surface area contributed by atoms with E-state index in [0.29, 0.717) is 30.9 Å². The molecule has 0 aromatic carbocycles. The van der Waals surface area contributed by atoms with E-state index in [4.69, 9.17) is 5.26 Å². The van der Waals surface area contributed by atoms with Crippen LogP contribution < -0.4 is 2.94 Å². The number of nitrogens with zero attached hydrogens (tertiary/aromatic N) is 3. The van der Waals surface area contributed by atoms with Crippen molar-refractivity contribution in [2.45, 2.75) is 0 Å². The molecule has 1 rings (SSSR count). The first-order chi connectivity index (χ1) is 5.16. The van der Waals surface area contributed by atoms with E-state index in [1.807, 2.05) is 0 Å². The van der Waals surface area contributed by atoms with Crippen LogP contribution in [0.15, 0.2) is 0 Å². The molecule has 0 aliphatic carbocycles. The molecule has 0 atom stereocenters. The number of aromatic nitrogens is 2. The molecule has 0 aliphatic heterocycles. The zero-order valence-electron chi connectivity index (χ0n) is 5.66. The van der Waals surface area contributed by atoms with Crippen LogP contribution in [0.25, 0.3) is 0 Å². The number of aromatic amines is 1. The Morgan fingerprint density at radius 2 is 2.45 bits per heavy atom. The number of hydrogen-bond donors (Lipinski definition) is 1. The van der Waals surface area contributed by atoms with Gasteiger partial charge in [-0.1, -0.05) is 0 Å². The molecule has 0 fully saturated rings. The van der Waals surface area contributed by atoms with Crippen molar-refractivity contribution < 1.29 is 4.92 Å². The number of nitrogens with one attached hydrogen (secondary N) is 1. The van der Waals surface area contributed by atoms with E-state index in [9.17, 15) is 10.1 Å². The average Bonchev–Trinajstić information content (AvgIpc) is 2.30. The van der Waals surface area contributed by atoms with Gasteiger partial charge >= 0.3 is 78.8 Å². The Balaban J connectivity index is 3.30. The summed E-state index contributed by atoms with van der Waals surface area (Å²) in [5.74, 6) is -0.308. The topological polar surface area (TPSA) is 95.6 Å².